The van der Waals surface area contributed by atoms with Gasteiger partial charge in [-0.3, -0.25) is 14.9 Å². The molecule has 4 N–H and O–H groups in total. The van der Waals surface area contributed by atoms with Crippen molar-refractivity contribution in [2.45, 2.75) is 0 Å². The molecule has 2 aromatic rings. The molecule has 8 nitrogen and oxygen atoms in total. The molecule has 126 valence electrons. The van der Waals surface area contributed by atoms with Crippen molar-refractivity contribution < 1.29 is 24.2 Å². The number of benzene rings is 1. The van der Waals surface area contributed by atoms with Crippen LogP contribution in [0.3, 0.4) is 0 Å². The lowest BCUT2D eigenvalue weighted by Gasteiger charge is -2.11. The van der Waals surface area contributed by atoms with Crippen LogP contribution in [0.15, 0.2) is 42.6 Å². The van der Waals surface area contributed by atoms with Crippen molar-refractivity contribution in [2.24, 2.45) is 5.73 Å². The number of aromatic hydroxyl groups is 1. The second kappa shape index (κ2) is 8.49. The second-order valence-corrected chi connectivity index (χ2v) is 4.60. The van der Waals surface area contributed by atoms with Gasteiger partial charge in [0, 0.05) is 12.3 Å². The summed E-state index contributed by atoms with van der Waals surface area (Å²) in [5.41, 5.74) is 4.79. The molecular weight excluding hydrogens is 314 g/mol. The molecule has 8 heteroatoms. The first-order valence-corrected chi connectivity index (χ1v) is 7.14. The molecule has 0 bridgehead atoms. The summed E-state index contributed by atoms with van der Waals surface area (Å²) in [4.78, 5) is 26.7. The number of carbonyl (C=O) groups excluding carboxylic acids is 2. The normalized spacial score (nSPS) is 10.0. The Hall–Kier alpha value is -3.13. The van der Waals surface area contributed by atoms with E-state index in [0.29, 0.717) is 5.75 Å². The van der Waals surface area contributed by atoms with Gasteiger partial charge >= 0.3 is 0 Å². The summed E-state index contributed by atoms with van der Waals surface area (Å²) >= 11 is 0. The second-order valence-electron chi connectivity index (χ2n) is 4.60. The highest BCUT2D eigenvalue weighted by molar-refractivity contribution is 6.05. The Bertz CT molecular complexity index is 706. The molecule has 0 saturated heterocycles. The monoisotopic (exact) mass is 331 g/mol. The maximum Gasteiger partial charge on any atom is 0.280 e. The van der Waals surface area contributed by atoms with E-state index in [4.69, 9.17) is 15.2 Å². The Morgan fingerprint density at radius 2 is 1.83 bits per heavy atom. The van der Waals surface area contributed by atoms with Gasteiger partial charge in [-0.15, -0.1) is 0 Å². The average molecular weight is 331 g/mol. The molecule has 1 aromatic carbocycles. The van der Waals surface area contributed by atoms with E-state index >= 15 is 0 Å². The van der Waals surface area contributed by atoms with Crippen LogP contribution in [0.1, 0.15) is 10.5 Å². The Morgan fingerprint density at radius 1 is 1.12 bits per heavy atom. The summed E-state index contributed by atoms with van der Waals surface area (Å²) in [5, 5.41) is 12.0. The highest BCUT2D eigenvalue weighted by Gasteiger charge is 2.18. The van der Waals surface area contributed by atoms with E-state index in [1.54, 1.807) is 12.1 Å². The van der Waals surface area contributed by atoms with Crippen molar-refractivity contribution in [3.63, 3.8) is 0 Å². The fourth-order valence-electron chi connectivity index (χ4n) is 1.78. The van der Waals surface area contributed by atoms with Gasteiger partial charge in [0.2, 0.25) is 5.91 Å². The minimum atomic E-state index is -0.853. The fourth-order valence-corrected chi connectivity index (χ4v) is 1.78. The van der Waals surface area contributed by atoms with Crippen LogP contribution in [0, 0.1) is 0 Å². The topological polar surface area (TPSA) is 124 Å². The fraction of sp³-hybridized carbons (Fsp3) is 0.188. The van der Waals surface area contributed by atoms with Gasteiger partial charge in [0.1, 0.15) is 19.0 Å². The van der Waals surface area contributed by atoms with Gasteiger partial charge in [0.25, 0.3) is 5.91 Å². The molecule has 24 heavy (non-hydrogen) atoms. The minimum Gasteiger partial charge on any atom is -0.503 e. The van der Waals surface area contributed by atoms with E-state index in [0.717, 1.165) is 0 Å². The number of carbonyl (C=O) groups is 2. The summed E-state index contributed by atoms with van der Waals surface area (Å²) in [7, 11) is 0. The van der Waals surface area contributed by atoms with Crippen molar-refractivity contribution >= 4 is 11.8 Å². The summed E-state index contributed by atoms with van der Waals surface area (Å²) in [6, 6.07) is 10.6. The molecule has 0 unspecified atom stereocenters. The number of imide groups is 1. The number of nitrogens with one attached hydrogen (secondary N) is 1. The van der Waals surface area contributed by atoms with E-state index in [2.05, 4.69) is 4.98 Å². The number of amides is 2. The lowest BCUT2D eigenvalue weighted by Crippen LogP contribution is -2.35. The lowest BCUT2D eigenvalue weighted by molar-refractivity contribution is -0.118. The van der Waals surface area contributed by atoms with Crippen LogP contribution < -0.4 is 20.5 Å². The molecule has 0 aliphatic carbocycles. The van der Waals surface area contributed by atoms with E-state index in [1.165, 1.54) is 12.3 Å². The summed E-state index contributed by atoms with van der Waals surface area (Å²) < 4.78 is 10.8. The number of nitrogens with two attached hydrogens (primary N) is 1. The first-order valence-electron chi connectivity index (χ1n) is 7.14. The standard InChI is InChI=1S/C16H17N3O5/c17-10-13(20)19-16(22)14-15(21)12(6-7-18-14)24-9-8-23-11-4-2-1-3-5-11/h1-7,21H,8-10,17H2,(H,19,20,22). The first kappa shape index (κ1) is 17.2. The van der Waals surface area contributed by atoms with Gasteiger partial charge in [-0.25, -0.2) is 4.98 Å². The number of hydrogen-bond donors (Lipinski definition) is 3. The Labute approximate surface area is 138 Å². The lowest BCUT2D eigenvalue weighted by atomic mass is 10.3. The maximum absolute atomic E-state index is 11.8. The summed E-state index contributed by atoms with van der Waals surface area (Å²) in [5.74, 6) is -1.23. The third-order valence-electron chi connectivity index (χ3n) is 2.89. The average Bonchev–Trinajstić information content (AvgIpc) is 2.60. The highest BCUT2D eigenvalue weighted by Crippen LogP contribution is 2.27. The van der Waals surface area contributed by atoms with Crippen LogP contribution >= 0.6 is 0 Å². The third-order valence-corrected chi connectivity index (χ3v) is 2.89. The van der Waals surface area contributed by atoms with Crippen LogP contribution in [0.4, 0.5) is 0 Å². The molecule has 1 heterocycles. The number of hydrogen-bond acceptors (Lipinski definition) is 7. The van der Waals surface area contributed by atoms with E-state index in [1.807, 2.05) is 23.5 Å². The molecule has 0 aliphatic heterocycles. The van der Waals surface area contributed by atoms with Gasteiger partial charge in [-0.2, -0.15) is 0 Å². The molecule has 2 amide bonds. The van der Waals surface area contributed by atoms with Crippen LogP contribution in [-0.4, -0.2) is 41.7 Å². The van der Waals surface area contributed by atoms with Crippen molar-refractivity contribution in [1.29, 1.82) is 0 Å². The van der Waals surface area contributed by atoms with Crippen LogP contribution in [0.2, 0.25) is 0 Å². The van der Waals surface area contributed by atoms with Gasteiger partial charge in [0.15, 0.2) is 17.2 Å². The largest absolute Gasteiger partial charge is 0.503 e. The molecule has 0 aliphatic rings. The number of ether oxygens (including phenoxy) is 2. The Morgan fingerprint density at radius 3 is 2.54 bits per heavy atom. The molecular formula is C16H17N3O5. The van der Waals surface area contributed by atoms with E-state index < -0.39 is 17.6 Å². The summed E-state index contributed by atoms with van der Waals surface area (Å²) in [6.45, 7) is 0.0493. The van der Waals surface area contributed by atoms with Gasteiger partial charge in [-0.1, -0.05) is 18.2 Å². The zero-order valence-corrected chi connectivity index (χ0v) is 12.8. The number of para-hydroxylation sites is 1. The number of aromatic nitrogens is 1. The van der Waals surface area contributed by atoms with E-state index in [-0.39, 0.29) is 31.2 Å². The van der Waals surface area contributed by atoms with Crippen molar-refractivity contribution in [1.82, 2.24) is 10.3 Å². The first-order chi connectivity index (χ1) is 11.6. The molecule has 0 atom stereocenters. The highest BCUT2D eigenvalue weighted by atomic mass is 16.5. The van der Waals surface area contributed by atoms with Crippen molar-refractivity contribution in [3.05, 3.63) is 48.3 Å². The number of rotatable bonds is 7. The summed E-state index contributed by atoms with van der Waals surface area (Å²) in [6.07, 6.45) is 1.29. The third kappa shape index (κ3) is 4.68. The predicted octanol–water partition coefficient (Wildman–Crippen LogP) is 0.460. The van der Waals surface area contributed by atoms with Crippen LogP contribution in [0.5, 0.6) is 17.2 Å². The SMILES string of the molecule is NCC(=O)NC(=O)c1nccc(OCCOc2ccccc2)c1O. The van der Waals surface area contributed by atoms with Crippen molar-refractivity contribution in [3.8, 4) is 17.2 Å². The van der Waals surface area contributed by atoms with Crippen molar-refractivity contribution in [2.75, 3.05) is 19.8 Å². The molecule has 1 aromatic heterocycles. The Balaban J connectivity index is 1.92. The van der Waals surface area contributed by atoms with Crippen LogP contribution in [0.25, 0.3) is 0 Å². The molecule has 0 radical (unpaired) electrons. The minimum absolute atomic E-state index is 0.0620. The number of nitrogens with zero attached hydrogens (tertiary/aromatic N) is 1. The molecule has 0 saturated carbocycles. The zero-order chi connectivity index (χ0) is 17.4. The smallest absolute Gasteiger partial charge is 0.280 e. The van der Waals surface area contributed by atoms with Gasteiger partial charge in [-0.05, 0) is 12.1 Å². The van der Waals surface area contributed by atoms with Crippen LogP contribution in [-0.2, 0) is 4.79 Å². The molecule has 0 spiro atoms. The van der Waals surface area contributed by atoms with E-state index in [9.17, 15) is 14.7 Å². The quantitative estimate of drug-likeness (QED) is 0.630. The zero-order valence-electron chi connectivity index (χ0n) is 12.8. The Kier molecular flexibility index (Phi) is 6.09. The maximum atomic E-state index is 11.8. The van der Waals surface area contributed by atoms with Gasteiger partial charge < -0.3 is 20.3 Å². The molecule has 2 rings (SSSR count). The predicted molar refractivity (Wildman–Crippen MR) is 84.9 cm³/mol. The number of pyridine rings is 1. The molecule has 0 fully saturated rings. The van der Waals surface area contributed by atoms with Gasteiger partial charge in [0.05, 0.1) is 6.54 Å².